The molecule has 0 aliphatic heterocycles. The number of nitrogens with two attached hydrogens (primary N) is 1. The predicted octanol–water partition coefficient (Wildman–Crippen LogP) is -0.740. The van der Waals surface area contributed by atoms with Crippen LogP contribution in [0.5, 0.6) is 0 Å². The van der Waals surface area contributed by atoms with E-state index >= 15 is 0 Å². The molecule has 2 rings (SSSR count). The zero-order chi connectivity index (χ0) is 25.8. The lowest BCUT2D eigenvalue weighted by Gasteiger charge is -2.24. The molecule has 0 radical (unpaired) electrons. The molecule has 0 aromatic heterocycles. The van der Waals surface area contributed by atoms with Crippen LogP contribution in [-0.4, -0.2) is 70.4 Å². The average Bonchev–Trinajstić information content (AvgIpc) is 2.86. The molecule has 2 aromatic rings. The van der Waals surface area contributed by atoms with Crippen molar-refractivity contribution in [3.63, 3.8) is 0 Å². The fraction of sp³-hybridized carbons (Fsp3) is 0.333. The second kappa shape index (κ2) is 14.1. The Morgan fingerprint density at radius 3 is 1.63 bits per heavy atom. The van der Waals surface area contributed by atoms with Crippen LogP contribution < -0.4 is 21.7 Å². The van der Waals surface area contributed by atoms with Crippen LogP contribution >= 0.6 is 12.6 Å². The van der Waals surface area contributed by atoms with E-state index in [2.05, 4.69) is 28.6 Å². The number of aliphatic hydroxyl groups excluding tert-OH is 1. The first-order valence-corrected chi connectivity index (χ1v) is 11.6. The smallest absolute Gasteiger partial charge is 0.326 e. The lowest BCUT2D eigenvalue weighted by Crippen LogP contribution is -2.58. The molecule has 0 heterocycles. The number of benzene rings is 2. The molecule has 4 atom stereocenters. The Morgan fingerprint density at radius 2 is 1.17 bits per heavy atom. The fourth-order valence-electron chi connectivity index (χ4n) is 3.21. The topological polar surface area (TPSA) is 171 Å². The summed E-state index contributed by atoms with van der Waals surface area (Å²) >= 11 is 3.99. The number of carbonyl (C=O) groups excluding carboxylic acids is 3. The van der Waals surface area contributed by atoms with E-state index < -0.39 is 54.5 Å². The van der Waals surface area contributed by atoms with Crippen molar-refractivity contribution in [2.75, 3.05) is 12.4 Å². The summed E-state index contributed by atoms with van der Waals surface area (Å²) in [6.45, 7) is -0.780. The third-order valence-electron chi connectivity index (χ3n) is 5.16. The first-order valence-electron chi connectivity index (χ1n) is 10.9. The van der Waals surface area contributed by atoms with Gasteiger partial charge in [-0.25, -0.2) is 4.79 Å². The molecular formula is C24H30N4O6S. The van der Waals surface area contributed by atoms with Gasteiger partial charge in [-0.3, -0.25) is 14.4 Å². The second-order valence-corrected chi connectivity index (χ2v) is 8.24. The molecular weight excluding hydrogens is 472 g/mol. The van der Waals surface area contributed by atoms with E-state index in [9.17, 15) is 29.4 Å². The van der Waals surface area contributed by atoms with Crippen molar-refractivity contribution in [3.05, 3.63) is 71.8 Å². The minimum Gasteiger partial charge on any atom is -0.480 e. The van der Waals surface area contributed by atoms with Crippen LogP contribution in [0.2, 0.25) is 0 Å². The Bertz CT molecular complexity index is 992. The quantitative estimate of drug-likeness (QED) is 0.177. The molecule has 0 aliphatic rings. The molecule has 3 amide bonds. The summed E-state index contributed by atoms with van der Waals surface area (Å²) in [7, 11) is 0. The van der Waals surface area contributed by atoms with E-state index in [1.54, 1.807) is 60.7 Å². The molecule has 0 aliphatic carbocycles. The van der Waals surface area contributed by atoms with Crippen molar-refractivity contribution >= 4 is 36.3 Å². The van der Waals surface area contributed by atoms with Crippen molar-refractivity contribution in [2.24, 2.45) is 5.73 Å². The second-order valence-electron chi connectivity index (χ2n) is 7.87. The fourth-order valence-corrected chi connectivity index (χ4v) is 3.38. The largest absolute Gasteiger partial charge is 0.480 e. The summed E-state index contributed by atoms with van der Waals surface area (Å²) in [5.74, 6) is -3.42. The highest BCUT2D eigenvalue weighted by Gasteiger charge is 2.30. The Kier molecular flexibility index (Phi) is 11.2. The van der Waals surface area contributed by atoms with E-state index in [1.807, 2.05) is 0 Å². The average molecular weight is 503 g/mol. The summed E-state index contributed by atoms with van der Waals surface area (Å²) in [5.41, 5.74) is 7.13. The number of carboxylic acid groups (broad SMARTS) is 1. The number of rotatable bonds is 13. The van der Waals surface area contributed by atoms with Gasteiger partial charge in [0.2, 0.25) is 17.7 Å². The van der Waals surface area contributed by atoms with Gasteiger partial charge in [-0.2, -0.15) is 12.6 Å². The van der Waals surface area contributed by atoms with Crippen molar-refractivity contribution in [1.82, 2.24) is 16.0 Å². The van der Waals surface area contributed by atoms with Crippen LogP contribution in [0.4, 0.5) is 0 Å². The lowest BCUT2D eigenvalue weighted by atomic mass is 10.0. The third-order valence-corrected chi connectivity index (χ3v) is 5.56. The first kappa shape index (κ1) is 27.8. The van der Waals surface area contributed by atoms with Crippen molar-refractivity contribution in [2.45, 2.75) is 37.0 Å². The van der Waals surface area contributed by atoms with Gasteiger partial charge in [0.15, 0.2) is 0 Å². The number of aliphatic hydroxyl groups is 1. The minimum absolute atomic E-state index is 0.0162. The molecule has 188 valence electrons. The molecule has 10 nitrogen and oxygen atoms in total. The number of thiol groups is 1. The van der Waals surface area contributed by atoms with Crippen molar-refractivity contribution in [3.8, 4) is 0 Å². The molecule has 0 spiro atoms. The van der Waals surface area contributed by atoms with Crippen molar-refractivity contribution < 1.29 is 29.4 Å². The Hall–Kier alpha value is -3.41. The van der Waals surface area contributed by atoms with Crippen LogP contribution in [-0.2, 0) is 32.0 Å². The van der Waals surface area contributed by atoms with Gasteiger partial charge < -0.3 is 31.9 Å². The number of nitrogens with one attached hydrogen (secondary N) is 3. The van der Waals surface area contributed by atoms with Gasteiger partial charge in [0.05, 0.1) is 12.6 Å². The van der Waals surface area contributed by atoms with Gasteiger partial charge in [0.25, 0.3) is 0 Å². The number of hydrogen-bond donors (Lipinski definition) is 7. The summed E-state index contributed by atoms with van der Waals surface area (Å²) in [5, 5.41) is 26.5. The summed E-state index contributed by atoms with van der Waals surface area (Å²) in [6.07, 6.45) is 0.117. The molecule has 35 heavy (non-hydrogen) atoms. The maximum atomic E-state index is 13.0. The standard InChI is InChI=1S/C24H30N4O6S/c25-17(14-35)21(30)26-18(11-15-7-3-1-4-8-15)22(31)28-20(13-29)23(32)27-19(24(33)34)12-16-9-5-2-6-10-16/h1-10,17-20,29,35H,11-14,25H2,(H,26,30)(H,27,32)(H,28,31)(H,33,34). The van der Waals surface area contributed by atoms with Gasteiger partial charge in [-0.1, -0.05) is 60.7 Å². The predicted molar refractivity (Wildman–Crippen MR) is 133 cm³/mol. The zero-order valence-corrected chi connectivity index (χ0v) is 19.9. The van der Waals surface area contributed by atoms with Gasteiger partial charge in [-0.15, -0.1) is 0 Å². The van der Waals surface area contributed by atoms with Crippen LogP contribution in [0, 0.1) is 0 Å². The number of hydrogen-bond acceptors (Lipinski definition) is 7. The van der Waals surface area contributed by atoms with Gasteiger partial charge in [0, 0.05) is 18.6 Å². The van der Waals surface area contributed by atoms with Crippen LogP contribution in [0.3, 0.4) is 0 Å². The molecule has 11 heteroatoms. The number of aliphatic carboxylic acids is 1. The minimum atomic E-state index is -1.44. The maximum Gasteiger partial charge on any atom is 0.326 e. The summed E-state index contributed by atoms with van der Waals surface area (Å²) in [6, 6.07) is 12.8. The highest BCUT2D eigenvalue weighted by Crippen LogP contribution is 2.06. The molecule has 0 bridgehead atoms. The lowest BCUT2D eigenvalue weighted by molar-refractivity contribution is -0.142. The molecule has 4 unspecified atom stereocenters. The van der Waals surface area contributed by atoms with E-state index in [0.717, 1.165) is 5.56 Å². The number of carbonyl (C=O) groups is 4. The van der Waals surface area contributed by atoms with E-state index in [4.69, 9.17) is 5.73 Å². The highest BCUT2D eigenvalue weighted by molar-refractivity contribution is 7.80. The van der Waals surface area contributed by atoms with Crippen LogP contribution in [0.15, 0.2) is 60.7 Å². The number of carboxylic acids is 1. The van der Waals surface area contributed by atoms with E-state index in [1.165, 1.54) is 0 Å². The van der Waals surface area contributed by atoms with Crippen LogP contribution in [0.1, 0.15) is 11.1 Å². The molecule has 2 aromatic carbocycles. The van der Waals surface area contributed by atoms with E-state index in [-0.39, 0.29) is 18.6 Å². The third kappa shape index (κ3) is 9.04. The van der Waals surface area contributed by atoms with E-state index in [0.29, 0.717) is 5.56 Å². The van der Waals surface area contributed by atoms with Crippen LogP contribution in [0.25, 0.3) is 0 Å². The highest BCUT2D eigenvalue weighted by atomic mass is 32.1. The molecule has 0 fully saturated rings. The first-order chi connectivity index (χ1) is 16.7. The Morgan fingerprint density at radius 1 is 0.743 bits per heavy atom. The molecule has 7 N–H and O–H groups in total. The van der Waals surface area contributed by atoms with Gasteiger partial charge >= 0.3 is 5.97 Å². The summed E-state index contributed by atoms with van der Waals surface area (Å²) < 4.78 is 0. The Labute approximate surface area is 208 Å². The molecule has 0 saturated carbocycles. The van der Waals surface area contributed by atoms with Crippen molar-refractivity contribution in [1.29, 1.82) is 0 Å². The summed E-state index contributed by atoms with van der Waals surface area (Å²) in [4.78, 5) is 49.7. The Balaban J connectivity index is 2.11. The number of amides is 3. The zero-order valence-electron chi connectivity index (χ0n) is 19.0. The molecule has 0 saturated heterocycles. The SMILES string of the molecule is NC(CS)C(=O)NC(Cc1ccccc1)C(=O)NC(CO)C(=O)NC(Cc1ccccc1)C(=O)O. The van der Waals surface area contributed by atoms with Gasteiger partial charge in [-0.05, 0) is 11.1 Å². The van der Waals surface area contributed by atoms with Gasteiger partial charge in [0.1, 0.15) is 18.1 Å². The maximum absolute atomic E-state index is 13.0. The normalized spacial score (nSPS) is 14.1. The monoisotopic (exact) mass is 502 g/mol.